The average Bonchev–Trinajstić information content (AvgIpc) is 2.08. The second kappa shape index (κ2) is 4.63. The number of rotatable bonds is 2. The lowest BCUT2D eigenvalue weighted by molar-refractivity contribution is 0.150. The summed E-state index contributed by atoms with van der Waals surface area (Å²) in [6.07, 6.45) is -2.45. The molecular formula is C8H7BrF2IN. The number of halogens is 4. The molecule has 1 rings (SSSR count). The predicted octanol–water partition coefficient (Wildman–Crippen LogP) is 3.83. The number of alkyl halides is 3. The van der Waals surface area contributed by atoms with Crippen LogP contribution in [-0.4, -0.2) is 4.98 Å². The fourth-order valence-corrected chi connectivity index (χ4v) is 1.85. The molecule has 0 fully saturated rings. The molecule has 0 N–H and O–H groups in total. The lowest BCUT2D eigenvalue weighted by Gasteiger charge is -2.07. The minimum Gasteiger partial charge on any atom is -0.256 e. The zero-order valence-electron chi connectivity index (χ0n) is 6.82. The number of nitrogens with zero attached hydrogens (tertiary/aromatic N) is 1. The molecule has 0 bridgehead atoms. The monoisotopic (exact) mass is 361 g/mol. The van der Waals surface area contributed by atoms with Crippen LogP contribution in [0.2, 0.25) is 0 Å². The molecule has 1 aromatic heterocycles. The molecule has 72 valence electrons. The SMILES string of the molecule is Cc1nc(CBr)c(C(F)F)cc1I. The van der Waals surface area contributed by atoms with Crippen molar-refractivity contribution < 1.29 is 8.78 Å². The molecule has 1 nitrogen and oxygen atoms in total. The van der Waals surface area contributed by atoms with Crippen LogP contribution in [0.25, 0.3) is 0 Å². The van der Waals surface area contributed by atoms with Gasteiger partial charge >= 0.3 is 0 Å². The van der Waals surface area contributed by atoms with Crippen LogP contribution in [0.3, 0.4) is 0 Å². The van der Waals surface area contributed by atoms with Gasteiger partial charge in [0, 0.05) is 14.5 Å². The van der Waals surface area contributed by atoms with Gasteiger partial charge in [0.1, 0.15) is 0 Å². The standard InChI is InChI=1S/C8H7BrF2IN/c1-4-6(12)2-5(8(10)11)7(3-9)13-4/h2,8H,3H2,1H3. The van der Waals surface area contributed by atoms with E-state index in [9.17, 15) is 8.78 Å². The first kappa shape index (κ1) is 11.3. The Hall–Kier alpha value is 0.220. The zero-order chi connectivity index (χ0) is 10.0. The van der Waals surface area contributed by atoms with Gasteiger partial charge in [0.05, 0.1) is 11.4 Å². The minimum absolute atomic E-state index is 0.0203. The molecule has 0 radical (unpaired) electrons. The molecule has 0 aliphatic carbocycles. The fraction of sp³-hybridized carbons (Fsp3) is 0.375. The topological polar surface area (TPSA) is 12.9 Å². The molecule has 0 saturated heterocycles. The molecule has 5 heteroatoms. The van der Waals surface area contributed by atoms with Crippen molar-refractivity contribution in [3.63, 3.8) is 0 Å². The number of aromatic nitrogens is 1. The van der Waals surface area contributed by atoms with Gasteiger partial charge in [-0.15, -0.1) is 0 Å². The first-order chi connectivity index (χ1) is 6.06. The summed E-state index contributed by atoms with van der Waals surface area (Å²) in [6, 6.07) is 1.49. The van der Waals surface area contributed by atoms with Crippen LogP contribution in [0.5, 0.6) is 0 Å². The van der Waals surface area contributed by atoms with Gasteiger partial charge in [-0.1, -0.05) is 15.9 Å². The summed E-state index contributed by atoms with van der Waals surface area (Å²) in [7, 11) is 0. The van der Waals surface area contributed by atoms with E-state index >= 15 is 0 Å². The van der Waals surface area contributed by atoms with E-state index in [1.165, 1.54) is 6.07 Å². The smallest absolute Gasteiger partial charge is 0.256 e. The Balaban J connectivity index is 3.25. The summed E-state index contributed by atoms with van der Waals surface area (Å²) >= 11 is 5.14. The number of hydrogen-bond acceptors (Lipinski definition) is 1. The van der Waals surface area contributed by atoms with E-state index in [0.29, 0.717) is 11.0 Å². The Bertz CT molecular complexity index is 317. The first-order valence-corrected chi connectivity index (χ1v) is 5.76. The molecule has 13 heavy (non-hydrogen) atoms. The number of pyridine rings is 1. The highest BCUT2D eigenvalue weighted by atomic mass is 127. The zero-order valence-corrected chi connectivity index (χ0v) is 10.6. The Morgan fingerprint density at radius 2 is 2.23 bits per heavy atom. The van der Waals surface area contributed by atoms with Crippen molar-refractivity contribution in [1.29, 1.82) is 0 Å². The summed E-state index contributed by atoms with van der Waals surface area (Å²) in [6.45, 7) is 1.81. The maximum absolute atomic E-state index is 12.5. The van der Waals surface area contributed by atoms with E-state index in [-0.39, 0.29) is 5.56 Å². The Labute approximate surface area is 97.2 Å². The first-order valence-electron chi connectivity index (χ1n) is 3.56. The van der Waals surface area contributed by atoms with E-state index in [1.54, 1.807) is 0 Å². The predicted molar refractivity (Wildman–Crippen MR) is 59.3 cm³/mol. The third-order valence-corrected chi connectivity index (χ3v) is 3.25. The summed E-state index contributed by atoms with van der Waals surface area (Å²) < 4.78 is 25.7. The van der Waals surface area contributed by atoms with Gasteiger partial charge in [-0.2, -0.15) is 0 Å². The summed E-state index contributed by atoms with van der Waals surface area (Å²) in [5, 5.41) is 0.366. The number of aryl methyl sites for hydroxylation is 1. The van der Waals surface area contributed by atoms with Crippen molar-refractivity contribution in [1.82, 2.24) is 4.98 Å². The van der Waals surface area contributed by atoms with E-state index in [0.717, 1.165) is 9.26 Å². The van der Waals surface area contributed by atoms with Crippen LogP contribution in [-0.2, 0) is 5.33 Å². The van der Waals surface area contributed by atoms with Gasteiger partial charge in [0.2, 0.25) is 0 Å². The third-order valence-electron chi connectivity index (χ3n) is 1.63. The van der Waals surface area contributed by atoms with E-state index in [2.05, 4.69) is 20.9 Å². The molecule has 0 atom stereocenters. The highest BCUT2D eigenvalue weighted by molar-refractivity contribution is 14.1. The van der Waals surface area contributed by atoms with Crippen molar-refractivity contribution >= 4 is 38.5 Å². The van der Waals surface area contributed by atoms with Crippen LogP contribution in [0, 0.1) is 10.5 Å². The van der Waals surface area contributed by atoms with Crippen LogP contribution in [0.15, 0.2) is 6.07 Å². The second-order valence-electron chi connectivity index (χ2n) is 2.53. The highest BCUT2D eigenvalue weighted by Gasteiger charge is 2.15. The van der Waals surface area contributed by atoms with Crippen LogP contribution >= 0.6 is 38.5 Å². The summed E-state index contributed by atoms with van der Waals surface area (Å²) in [5.41, 5.74) is 1.24. The number of hydrogen-bond donors (Lipinski definition) is 0. The van der Waals surface area contributed by atoms with E-state index in [4.69, 9.17) is 0 Å². The van der Waals surface area contributed by atoms with Crippen LogP contribution in [0.4, 0.5) is 8.78 Å². The fourth-order valence-electron chi connectivity index (χ4n) is 0.941. The average molecular weight is 362 g/mol. The van der Waals surface area contributed by atoms with Gasteiger partial charge in [0.15, 0.2) is 0 Å². The van der Waals surface area contributed by atoms with Crippen molar-refractivity contribution in [2.75, 3.05) is 0 Å². The Morgan fingerprint density at radius 3 is 2.69 bits per heavy atom. The lowest BCUT2D eigenvalue weighted by Crippen LogP contribution is -2.00. The van der Waals surface area contributed by atoms with Crippen molar-refractivity contribution in [3.05, 3.63) is 26.6 Å². The molecule has 0 unspecified atom stereocenters. The Kier molecular flexibility index (Phi) is 4.03. The summed E-state index contributed by atoms with van der Waals surface area (Å²) in [4.78, 5) is 4.08. The van der Waals surface area contributed by atoms with Crippen molar-refractivity contribution in [2.45, 2.75) is 18.7 Å². The van der Waals surface area contributed by atoms with Crippen molar-refractivity contribution in [2.24, 2.45) is 0 Å². The van der Waals surface area contributed by atoms with Crippen molar-refractivity contribution in [3.8, 4) is 0 Å². The molecule has 0 aliphatic heterocycles. The second-order valence-corrected chi connectivity index (χ2v) is 4.25. The van der Waals surface area contributed by atoms with E-state index < -0.39 is 6.43 Å². The lowest BCUT2D eigenvalue weighted by atomic mass is 10.2. The van der Waals surface area contributed by atoms with Gasteiger partial charge in [-0.3, -0.25) is 4.98 Å². The molecule has 0 saturated carbocycles. The largest absolute Gasteiger partial charge is 0.265 e. The summed E-state index contributed by atoms with van der Waals surface area (Å²) in [5.74, 6) is 0. The molecule has 1 heterocycles. The molecular weight excluding hydrogens is 355 g/mol. The van der Waals surface area contributed by atoms with Gasteiger partial charge in [-0.25, -0.2) is 8.78 Å². The molecule has 0 aliphatic rings. The van der Waals surface area contributed by atoms with Gasteiger partial charge < -0.3 is 0 Å². The van der Waals surface area contributed by atoms with Crippen LogP contribution < -0.4 is 0 Å². The third kappa shape index (κ3) is 2.59. The van der Waals surface area contributed by atoms with Gasteiger partial charge in [0.25, 0.3) is 6.43 Å². The molecule has 0 spiro atoms. The van der Waals surface area contributed by atoms with E-state index in [1.807, 2.05) is 29.5 Å². The highest BCUT2D eigenvalue weighted by Crippen LogP contribution is 2.26. The Morgan fingerprint density at radius 1 is 1.62 bits per heavy atom. The van der Waals surface area contributed by atoms with Crippen LogP contribution in [0.1, 0.15) is 23.4 Å². The maximum Gasteiger partial charge on any atom is 0.265 e. The molecule has 0 aromatic carbocycles. The normalized spacial score (nSPS) is 10.9. The quantitative estimate of drug-likeness (QED) is 0.576. The molecule has 1 aromatic rings. The maximum atomic E-state index is 12.5. The minimum atomic E-state index is -2.45. The molecule has 0 amide bonds. The van der Waals surface area contributed by atoms with Gasteiger partial charge in [-0.05, 0) is 35.6 Å².